The van der Waals surface area contributed by atoms with Gasteiger partial charge in [0.25, 0.3) is 0 Å². The smallest absolute Gasteiger partial charge is 0.334 e. The number of fused-ring (bicyclic) bond motifs is 1. The van der Waals surface area contributed by atoms with Crippen molar-refractivity contribution in [1.29, 1.82) is 0 Å². The molecule has 3 aromatic rings. The number of carbonyl (C=O) groups is 1. The number of nitrogens with zero attached hydrogens (tertiary/aromatic N) is 2. The molecule has 1 aliphatic heterocycles. The number of rotatable bonds is 3. The molecule has 0 aliphatic carbocycles. The van der Waals surface area contributed by atoms with E-state index in [0.29, 0.717) is 30.0 Å². The van der Waals surface area contributed by atoms with Gasteiger partial charge in [-0.05, 0) is 35.2 Å². The summed E-state index contributed by atoms with van der Waals surface area (Å²) in [6.07, 6.45) is 2.47. The molecule has 5 heteroatoms. The normalized spacial score (nSPS) is 15.8. The number of cyclic esters (lactones) is 1. The zero-order chi connectivity index (χ0) is 17.9. The second-order valence-corrected chi connectivity index (χ2v) is 6.00. The first-order valence-corrected chi connectivity index (χ1v) is 8.31. The molecule has 1 fully saturated rings. The van der Waals surface area contributed by atoms with Crippen molar-refractivity contribution < 1.29 is 14.6 Å². The molecule has 0 radical (unpaired) electrons. The van der Waals surface area contributed by atoms with E-state index in [-0.39, 0.29) is 11.7 Å². The van der Waals surface area contributed by atoms with E-state index in [9.17, 15) is 9.90 Å². The highest BCUT2D eigenvalue weighted by atomic mass is 16.5. The molecule has 0 atom stereocenters. The topological polar surface area (TPSA) is 71.2 Å². The van der Waals surface area contributed by atoms with E-state index in [2.05, 4.69) is 10.2 Å². The molecule has 1 aliphatic rings. The number of carbonyl (C=O) groups excluding carboxylic acids is 1. The second kappa shape index (κ2) is 6.80. The van der Waals surface area contributed by atoms with Gasteiger partial charge in [-0.15, -0.1) is 5.11 Å². The highest BCUT2D eigenvalue weighted by Crippen LogP contribution is 2.36. The van der Waals surface area contributed by atoms with Gasteiger partial charge in [0.2, 0.25) is 0 Å². The van der Waals surface area contributed by atoms with Crippen LogP contribution in [0.2, 0.25) is 0 Å². The molecule has 1 N–H and O–H groups in total. The summed E-state index contributed by atoms with van der Waals surface area (Å²) in [4.78, 5) is 11.5. The molecule has 5 nitrogen and oxygen atoms in total. The number of benzene rings is 3. The Bertz CT molecular complexity index is 1040. The minimum Gasteiger partial charge on any atom is -0.506 e. The Labute approximate surface area is 150 Å². The van der Waals surface area contributed by atoms with Gasteiger partial charge in [-0.2, -0.15) is 5.11 Å². The Hall–Kier alpha value is -3.47. The maximum atomic E-state index is 11.5. The lowest BCUT2D eigenvalue weighted by Crippen LogP contribution is -1.94. The molecule has 0 unspecified atom stereocenters. The van der Waals surface area contributed by atoms with Crippen molar-refractivity contribution in [1.82, 2.24) is 0 Å². The molecule has 0 amide bonds. The number of esters is 1. The van der Waals surface area contributed by atoms with Crippen LogP contribution in [0.15, 0.2) is 76.5 Å². The Balaban J connectivity index is 1.60. The van der Waals surface area contributed by atoms with Crippen molar-refractivity contribution in [3.8, 4) is 5.75 Å². The van der Waals surface area contributed by atoms with Crippen LogP contribution in [0.25, 0.3) is 16.8 Å². The number of ether oxygens (including phenoxy) is 1. The Morgan fingerprint density at radius 1 is 0.962 bits per heavy atom. The summed E-state index contributed by atoms with van der Waals surface area (Å²) in [5, 5.41) is 20.4. The van der Waals surface area contributed by atoms with E-state index in [0.717, 1.165) is 16.3 Å². The van der Waals surface area contributed by atoms with E-state index in [1.165, 1.54) is 0 Å². The van der Waals surface area contributed by atoms with E-state index < -0.39 is 0 Å². The number of phenolic OH excluding ortho intramolecular Hbond substituents is 1. The summed E-state index contributed by atoms with van der Waals surface area (Å²) in [5.74, 6) is -0.159. The lowest BCUT2D eigenvalue weighted by molar-refractivity contribution is -0.134. The van der Waals surface area contributed by atoms with Crippen molar-refractivity contribution in [2.45, 2.75) is 6.42 Å². The lowest BCUT2D eigenvalue weighted by Gasteiger charge is -2.03. The van der Waals surface area contributed by atoms with Gasteiger partial charge in [-0.1, -0.05) is 42.5 Å². The van der Waals surface area contributed by atoms with Gasteiger partial charge in [0.15, 0.2) is 0 Å². The van der Waals surface area contributed by atoms with Crippen LogP contribution >= 0.6 is 0 Å². The monoisotopic (exact) mass is 344 g/mol. The van der Waals surface area contributed by atoms with Gasteiger partial charge in [-0.25, -0.2) is 4.79 Å². The molecule has 128 valence electrons. The predicted octanol–water partition coefficient (Wildman–Crippen LogP) is 5.29. The summed E-state index contributed by atoms with van der Waals surface area (Å²) >= 11 is 0. The molecule has 1 saturated heterocycles. The average Bonchev–Trinajstić information content (AvgIpc) is 3.07. The molecule has 4 rings (SSSR count). The van der Waals surface area contributed by atoms with Crippen LogP contribution in [-0.2, 0) is 9.53 Å². The summed E-state index contributed by atoms with van der Waals surface area (Å²) in [7, 11) is 0. The van der Waals surface area contributed by atoms with Crippen LogP contribution in [0.4, 0.5) is 11.4 Å². The molecular weight excluding hydrogens is 328 g/mol. The maximum Gasteiger partial charge on any atom is 0.334 e. The Morgan fingerprint density at radius 3 is 2.54 bits per heavy atom. The van der Waals surface area contributed by atoms with Crippen LogP contribution in [0.3, 0.4) is 0 Å². The molecule has 0 spiro atoms. The third-order valence-corrected chi connectivity index (χ3v) is 4.25. The highest BCUT2D eigenvalue weighted by molar-refractivity contribution is 5.96. The third kappa shape index (κ3) is 3.19. The van der Waals surface area contributed by atoms with Crippen molar-refractivity contribution in [3.63, 3.8) is 0 Å². The van der Waals surface area contributed by atoms with Crippen LogP contribution in [0.1, 0.15) is 12.0 Å². The van der Waals surface area contributed by atoms with Gasteiger partial charge >= 0.3 is 5.97 Å². The quantitative estimate of drug-likeness (QED) is 0.398. The molecule has 0 bridgehead atoms. The molecule has 0 aromatic heterocycles. The van der Waals surface area contributed by atoms with Crippen molar-refractivity contribution in [2.24, 2.45) is 10.2 Å². The standard InChI is InChI=1S/C21H16N2O3/c24-19-10-7-15-3-1-2-4-18(15)20(19)23-22-17-8-5-14(6-9-17)13-16-11-12-26-21(16)25/h1-10,13,24H,11-12H2/b16-13-,23-22?. The largest absolute Gasteiger partial charge is 0.506 e. The molecule has 26 heavy (non-hydrogen) atoms. The van der Waals surface area contributed by atoms with Gasteiger partial charge in [-0.3, -0.25) is 0 Å². The molecule has 0 saturated carbocycles. The zero-order valence-electron chi connectivity index (χ0n) is 13.9. The van der Waals surface area contributed by atoms with Crippen molar-refractivity contribution >= 4 is 34.2 Å². The predicted molar refractivity (Wildman–Crippen MR) is 99.8 cm³/mol. The summed E-state index contributed by atoms with van der Waals surface area (Å²) in [5.41, 5.74) is 2.70. The Kier molecular flexibility index (Phi) is 4.19. The first-order valence-electron chi connectivity index (χ1n) is 8.31. The maximum absolute atomic E-state index is 11.5. The van der Waals surface area contributed by atoms with Crippen LogP contribution in [-0.4, -0.2) is 17.7 Å². The number of azo groups is 1. The zero-order valence-corrected chi connectivity index (χ0v) is 13.9. The highest BCUT2D eigenvalue weighted by Gasteiger charge is 2.18. The lowest BCUT2D eigenvalue weighted by atomic mass is 10.1. The number of phenols is 1. The number of hydrogen-bond acceptors (Lipinski definition) is 5. The van der Waals surface area contributed by atoms with Crippen LogP contribution in [0, 0.1) is 0 Å². The molecule has 1 heterocycles. The van der Waals surface area contributed by atoms with Crippen molar-refractivity contribution in [2.75, 3.05) is 6.61 Å². The van der Waals surface area contributed by atoms with E-state index in [1.54, 1.807) is 6.07 Å². The fourth-order valence-electron chi connectivity index (χ4n) is 2.87. The van der Waals surface area contributed by atoms with Crippen LogP contribution < -0.4 is 0 Å². The summed E-state index contributed by atoms with van der Waals surface area (Å²) < 4.78 is 4.93. The average molecular weight is 344 g/mol. The van der Waals surface area contributed by atoms with E-state index >= 15 is 0 Å². The van der Waals surface area contributed by atoms with Gasteiger partial charge in [0, 0.05) is 17.4 Å². The fourth-order valence-corrected chi connectivity index (χ4v) is 2.87. The van der Waals surface area contributed by atoms with Crippen LogP contribution in [0.5, 0.6) is 5.75 Å². The molecular formula is C21H16N2O3. The minimum absolute atomic E-state index is 0.0912. The van der Waals surface area contributed by atoms with Crippen molar-refractivity contribution in [3.05, 3.63) is 71.8 Å². The first-order chi connectivity index (χ1) is 12.7. The summed E-state index contributed by atoms with van der Waals surface area (Å²) in [6.45, 7) is 0.450. The van der Waals surface area contributed by atoms with Gasteiger partial charge in [0.05, 0.1) is 12.3 Å². The number of aromatic hydroxyl groups is 1. The third-order valence-electron chi connectivity index (χ3n) is 4.25. The minimum atomic E-state index is -0.250. The Morgan fingerprint density at radius 2 is 1.77 bits per heavy atom. The number of hydrogen-bond donors (Lipinski definition) is 1. The molecule has 3 aromatic carbocycles. The fraction of sp³-hybridized carbons (Fsp3) is 0.0952. The second-order valence-electron chi connectivity index (χ2n) is 6.00. The van der Waals surface area contributed by atoms with E-state index in [1.807, 2.05) is 60.7 Å². The van der Waals surface area contributed by atoms with E-state index in [4.69, 9.17) is 4.74 Å². The van der Waals surface area contributed by atoms with Gasteiger partial charge in [0.1, 0.15) is 11.4 Å². The van der Waals surface area contributed by atoms with Gasteiger partial charge < -0.3 is 9.84 Å². The SMILES string of the molecule is O=C1OCC/C1=C/c1ccc(N=Nc2c(O)ccc3ccccc23)cc1. The summed E-state index contributed by atoms with van der Waals surface area (Å²) in [6, 6.07) is 18.5. The first kappa shape index (κ1) is 16.0.